The minimum absolute atomic E-state index is 0.576. The van der Waals surface area contributed by atoms with Crippen LogP contribution in [-0.2, 0) is 11.2 Å². The van der Waals surface area contributed by atoms with Gasteiger partial charge in [0.15, 0.2) is 0 Å². The van der Waals surface area contributed by atoms with Gasteiger partial charge in [0.2, 0.25) is 0 Å². The van der Waals surface area contributed by atoms with Gasteiger partial charge in [-0.15, -0.1) is 0 Å². The number of hydrogen-bond acceptors (Lipinski definition) is 2. The first-order valence-electron chi connectivity index (χ1n) is 7.57. The zero-order valence-corrected chi connectivity index (χ0v) is 12.7. The van der Waals surface area contributed by atoms with Crippen LogP contribution in [0.2, 0.25) is 0 Å². The molecule has 19 heavy (non-hydrogen) atoms. The fraction of sp³-hybridized carbons (Fsp3) is 0.647. The highest BCUT2D eigenvalue weighted by Crippen LogP contribution is 2.05. The third kappa shape index (κ3) is 8.02. The summed E-state index contributed by atoms with van der Waals surface area (Å²) in [5, 5.41) is 3.63. The predicted octanol–water partition coefficient (Wildman–Crippen LogP) is 3.66. The molecule has 0 amide bonds. The number of nitrogens with one attached hydrogen (secondary N) is 1. The van der Waals surface area contributed by atoms with Crippen LogP contribution in [-0.4, -0.2) is 25.8 Å². The van der Waals surface area contributed by atoms with E-state index in [0.717, 1.165) is 32.6 Å². The van der Waals surface area contributed by atoms with Crippen LogP contribution in [0.5, 0.6) is 0 Å². The van der Waals surface area contributed by atoms with Crippen molar-refractivity contribution in [3.05, 3.63) is 35.9 Å². The Balaban J connectivity index is 2.12. The molecule has 2 heteroatoms. The molecule has 1 aromatic rings. The lowest BCUT2D eigenvalue weighted by Gasteiger charge is -2.17. The molecule has 0 spiro atoms. The van der Waals surface area contributed by atoms with Gasteiger partial charge in [0, 0.05) is 19.3 Å². The quantitative estimate of drug-likeness (QED) is 0.650. The molecule has 0 aromatic heterocycles. The third-order valence-corrected chi connectivity index (χ3v) is 3.17. The molecule has 0 saturated carbocycles. The van der Waals surface area contributed by atoms with E-state index in [0.29, 0.717) is 12.0 Å². The van der Waals surface area contributed by atoms with E-state index < -0.39 is 0 Å². The molecular weight excluding hydrogens is 234 g/mol. The molecule has 1 atom stereocenters. The van der Waals surface area contributed by atoms with Gasteiger partial charge in [-0.05, 0) is 37.3 Å². The summed E-state index contributed by atoms with van der Waals surface area (Å²) in [6.07, 6.45) is 3.38. The smallest absolute Gasteiger partial charge is 0.0489 e. The molecule has 0 radical (unpaired) electrons. The van der Waals surface area contributed by atoms with Crippen molar-refractivity contribution in [2.75, 3.05) is 19.8 Å². The SMILES string of the molecule is CCC(Cc1ccccc1)NCCCOCC(C)C. The lowest BCUT2D eigenvalue weighted by atomic mass is 10.0. The van der Waals surface area contributed by atoms with Gasteiger partial charge in [-0.3, -0.25) is 0 Å². The topological polar surface area (TPSA) is 21.3 Å². The molecule has 0 fully saturated rings. The van der Waals surface area contributed by atoms with Gasteiger partial charge in [0.1, 0.15) is 0 Å². The van der Waals surface area contributed by atoms with E-state index in [1.54, 1.807) is 0 Å². The highest BCUT2D eigenvalue weighted by atomic mass is 16.5. The number of hydrogen-bond donors (Lipinski definition) is 1. The van der Waals surface area contributed by atoms with E-state index in [1.807, 2.05) is 0 Å². The highest BCUT2D eigenvalue weighted by molar-refractivity contribution is 5.15. The maximum absolute atomic E-state index is 5.59. The second-order valence-corrected chi connectivity index (χ2v) is 5.57. The average molecular weight is 263 g/mol. The first kappa shape index (κ1) is 16.2. The molecule has 0 aliphatic carbocycles. The Kier molecular flexibility index (Phi) is 8.52. The van der Waals surface area contributed by atoms with Crippen molar-refractivity contribution in [1.29, 1.82) is 0 Å². The Morgan fingerprint density at radius 3 is 2.53 bits per heavy atom. The summed E-state index contributed by atoms with van der Waals surface area (Å²) in [5.74, 6) is 0.634. The maximum atomic E-state index is 5.59. The zero-order chi connectivity index (χ0) is 13.9. The van der Waals surface area contributed by atoms with E-state index in [-0.39, 0.29) is 0 Å². The summed E-state index contributed by atoms with van der Waals surface area (Å²) in [5.41, 5.74) is 1.41. The van der Waals surface area contributed by atoms with Gasteiger partial charge in [0.05, 0.1) is 0 Å². The summed E-state index contributed by atoms with van der Waals surface area (Å²) in [7, 11) is 0. The Morgan fingerprint density at radius 2 is 1.89 bits per heavy atom. The predicted molar refractivity (Wildman–Crippen MR) is 82.5 cm³/mol. The highest BCUT2D eigenvalue weighted by Gasteiger charge is 2.05. The van der Waals surface area contributed by atoms with Crippen molar-refractivity contribution in [2.24, 2.45) is 5.92 Å². The Hall–Kier alpha value is -0.860. The molecule has 1 N–H and O–H groups in total. The van der Waals surface area contributed by atoms with Crippen molar-refractivity contribution in [2.45, 2.75) is 46.1 Å². The second kappa shape index (κ2) is 9.99. The van der Waals surface area contributed by atoms with E-state index in [2.05, 4.69) is 56.4 Å². The third-order valence-electron chi connectivity index (χ3n) is 3.17. The molecule has 2 nitrogen and oxygen atoms in total. The van der Waals surface area contributed by atoms with Crippen LogP contribution in [0.1, 0.15) is 39.2 Å². The van der Waals surface area contributed by atoms with Gasteiger partial charge in [-0.25, -0.2) is 0 Å². The van der Waals surface area contributed by atoms with Crippen LogP contribution in [0, 0.1) is 5.92 Å². The van der Waals surface area contributed by atoms with Crippen LogP contribution in [0.15, 0.2) is 30.3 Å². The van der Waals surface area contributed by atoms with Gasteiger partial charge in [0.25, 0.3) is 0 Å². The molecule has 1 unspecified atom stereocenters. The summed E-state index contributed by atoms with van der Waals surface area (Å²) >= 11 is 0. The molecule has 0 bridgehead atoms. The molecule has 108 valence electrons. The molecule has 0 saturated heterocycles. The van der Waals surface area contributed by atoms with Gasteiger partial charge < -0.3 is 10.1 Å². The van der Waals surface area contributed by atoms with E-state index in [1.165, 1.54) is 12.0 Å². The summed E-state index contributed by atoms with van der Waals surface area (Å²) in [6.45, 7) is 9.41. The number of rotatable bonds is 10. The molecule has 1 aromatic carbocycles. The van der Waals surface area contributed by atoms with Gasteiger partial charge >= 0.3 is 0 Å². The normalized spacial score (nSPS) is 12.8. The lowest BCUT2D eigenvalue weighted by molar-refractivity contribution is 0.107. The van der Waals surface area contributed by atoms with Crippen molar-refractivity contribution in [1.82, 2.24) is 5.32 Å². The molecular formula is C17H29NO. The number of benzene rings is 1. The zero-order valence-electron chi connectivity index (χ0n) is 12.7. The average Bonchev–Trinajstić information content (AvgIpc) is 2.42. The van der Waals surface area contributed by atoms with Crippen LogP contribution in [0.25, 0.3) is 0 Å². The first-order chi connectivity index (χ1) is 9.22. The lowest BCUT2D eigenvalue weighted by Crippen LogP contribution is -2.31. The monoisotopic (exact) mass is 263 g/mol. The summed E-state index contributed by atoms with van der Waals surface area (Å²) in [6, 6.07) is 11.3. The standard InChI is InChI=1S/C17H29NO/c1-4-17(13-16-9-6-5-7-10-16)18-11-8-12-19-14-15(2)3/h5-7,9-10,15,17-18H,4,8,11-14H2,1-3H3. The minimum atomic E-state index is 0.576. The minimum Gasteiger partial charge on any atom is -0.381 e. The van der Waals surface area contributed by atoms with Crippen LogP contribution < -0.4 is 5.32 Å². The van der Waals surface area contributed by atoms with E-state index in [4.69, 9.17) is 4.74 Å². The van der Waals surface area contributed by atoms with E-state index >= 15 is 0 Å². The van der Waals surface area contributed by atoms with Crippen molar-refractivity contribution >= 4 is 0 Å². The van der Waals surface area contributed by atoms with Crippen LogP contribution in [0.4, 0.5) is 0 Å². The molecule has 1 rings (SSSR count). The Labute approximate surface area is 118 Å². The van der Waals surface area contributed by atoms with Crippen LogP contribution in [0.3, 0.4) is 0 Å². The maximum Gasteiger partial charge on any atom is 0.0489 e. The van der Waals surface area contributed by atoms with Gasteiger partial charge in [-0.2, -0.15) is 0 Å². The summed E-state index contributed by atoms with van der Waals surface area (Å²) < 4.78 is 5.59. The summed E-state index contributed by atoms with van der Waals surface area (Å²) in [4.78, 5) is 0. The van der Waals surface area contributed by atoms with Crippen molar-refractivity contribution in [3.8, 4) is 0 Å². The van der Waals surface area contributed by atoms with E-state index in [9.17, 15) is 0 Å². The molecule has 0 heterocycles. The first-order valence-corrected chi connectivity index (χ1v) is 7.57. The molecule has 0 aliphatic heterocycles. The van der Waals surface area contributed by atoms with Crippen molar-refractivity contribution < 1.29 is 4.74 Å². The second-order valence-electron chi connectivity index (χ2n) is 5.57. The van der Waals surface area contributed by atoms with Gasteiger partial charge in [-0.1, -0.05) is 51.1 Å². The number of ether oxygens (including phenoxy) is 1. The molecule has 0 aliphatic rings. The van der Waals surface area contributed by atoms with Crippen LogP contribution >= 0.6 is 0 Å². The fourth-order valence-electron chi connectivity index (χ4n) is 2.06. The van der Waals surface area contributed by atoms with Crippen molar-refractivity contribution in [3.63, 3.8) is 0 Å². The fourth-order valence-corrected chi connectivity index (χ4v) is 2.06. The Morgan fingerprint density at radius 1 is 1.16 bits per heavy atom. The Bertz CT molecular complexity index is 310. The largest absolute Gasteiger partial charge is 0.381 e.